The minimum absolute atomic E-state index is 0.0598. The number of halogens is 3. The minimum Gasteiger partial charge on any atom is -0.463 e. The molecule has 214 valence electrons. The lowest BCUT2D eigenvalue weighted by Crippen LogP contribution is -2.70. The monoisotopic (exact) mass is 573 g/mol. The van der Waals surface area contributed by atoms with Crippen LogP contribution in [-0.4, -0.2) is 53.6 Å². The normalized spacial score (nSPS) is 45.4. The number of aliphatic hydroxyl groups excluding tert-OH is 1. The fourth-order valence-electron chi connectivity index (χ4n) is 8.93. The van der Waals surface area contributed by atoms with Crippen molar-refractivity contribution in [3.05, 3.63) is 53.1 Å². The molecule has 6 aliphatic rings. The number of benzene rings is 1. The van der Waals surface area contributed by atoms with E-state index in [-0.39, 0.29) is 30.1 Å². The Kier molecular flexibility index (Phi) is 5.73. The van der Waals surface area contributed by atoms with Gasteiger partial charge in [0.1, 0.15) is 6.17 Å². The Morgan fingerprint density at radius 3 is 2.62 bits per heavy atom. The van der Waals surface area contributed by atoms with Crippen molar-refractivity contribution in [3.63, 3.8) is 0 Å². The van der Waals surface area contributed by atoms with E-state index in [0.29, 0.717) is 30.5 Å². The van der Waals surface area contributed by atoms with Gasteiger partial charge in [-0.1, -0.05) is 24.6 Å². The number of aliphatic hydroxyl groups is 1. The summed E-state index contributed by atoms with van der Waals surface area (Å²) in [6, 6.07) is 7.12. The molecule has 9 heteroatoms. The minimum atomic E-state index is -2.21. The van der Waals surface area contributed by atoms with E-state index in [1.165, 1.54) is 18.2 Å². The summed E-state index contributed by atoms with van der Waals surface area (Å²) in [4.78, 5) is 32.9. The van der Waals surface area contributed by atoms with Gasteiger partial charge in [-0.15, -0.1) is 0 Å². The molecule has 0 spiro atoms. The second-order valence-electron chi connectivity index (χ2n) is 13.2. The average molecular weight is 574 g/mol. The number of hydroxylamine groups is 1. The molecule has 1 saturated heterocycles. The lowest BCUT2D eigenvalue weighted by atomic mass is 9.44. The summed E-state index contributed by atoms with van der Waals surface area (Å²) in [5.74, 6) is -2.23. The highest BCUT2D eigenvalue weighted by Gasteiger charge is 2.80. The first-order valence-electron chi connectivity index (χ1n) is 14.3. The standard InChI is InChI=1S/C31H34ClF2NO5/c1-28-10-9-21(36)12-24(28)25(33)13-23-22-11-18-15-35(20-7-5-19(32)6-8-20)40-31(18,27(38)39-16-17-3-4-17)29(22,2)14-26(37)30(23,28)34/h5-10,12,17-18,22-23,25-26,37H,3-4,11,13-16H2,1-2H3/t18-,22-,23-,25-,26-,28-,29-,30-,31-/m0/s1. The fourth-order valence-corrected chi connectivity index (χ4v) is 9.06. The smallest absolute Gasteiger partial charge is 0.342 e. The van der Waals surface area contributed by atoms with Gasteiger partial charge in [0.2, 0.25) is 5.60 Å². The number of carbonyl (C=O) groups excluding carboxylic acids is 2. The zero-order valence-electron chi connectivity index (χ0n) is 22.6. The van der Waals surface area contributed by atoms with Gasteiger partial charge in [0.15, 0.2) is 11.5 Å². The predicted octanol–water partition coefficient (Wildman–Crippen LogP) is 5.33. The molecule has 9 atom stereocenters. The summed E-state index contributed by atoms with van der Waals surface area (Å²) in [5.41, 5.74) is -5.36. The maximum absolute atomic E-state index is 17.6. The van der Waals surface area contributed by atoms with Crippen molar-refractivity contribution in [2.75, 3.05) is 18.2 Å². The van der Waals surface area contributed by atoms with Crippen molar-refractivity contribution in [2.24, 2.45) is 34.5 Å². The molecule has 0 aromatic heterocycles. The summed E-state index contributed by atoms with van der Waals surface area (Å²) in [7, 11) is 0. The van der Waals surface area contributed by atoms with Crippen molar-refractivity contribution >= 4 is 29.0 Å². The Morgan fingerprint density at radius 2 is 1.93 bits per heavy atom. The number of hydrogen-bond acceptors (Lipinski definition) is 6. The van der Waals surface area contributed by atoms with Gasteiger partial charge in [0.05, 0.1) is 24.9 Å². The molecule has 1 N–H and O–H groups in total. The molecule has 1 aromatic carbocycles. The van der Waals surface area contributed by atoms with Gasteiger partial charge < -0.3 is 9.84 Å². The number of hydrogen-bond donors (Lipinski definition) is 1. The number of nitrogens with zero attached hydrogens (tertiary/aromatic N) is 1. The molecule has 1 aliphatic heterocycles. The number of fused-ring (bicyclic) bond motifs is 7. The molecule has 0 bridgehead atoms. The molecule has 40 heavy (non-hydrogen) atoms. The zero-order chi connectivity index (χ0) is 28.2. The molecule has 4 saturated carbocycles. The van der Waals surface area contributed by atoms with Crippen LogP contribution in [0.1, 0.15) is 46.0 Å². The topological polar surface area (TPSA) is 76.1 Å². The molecule has 1 heterocycles. The largest absolute Gasteiger partial charge is 0.463 e. The predicted molar refractivity (Wildman–Crippen MR) is 144 cm³/mol. The molecular formula is C31H34ClF2NO5. The Hall–Kier alpha value is -2.29. The highest BCUT2D eigenvalue weighted by Crippen LogP contribution is 2.73. The van der Waals surface area contributed by atoms with Crippen molar-refractivity contribution in [1.82, 2.24) is 0 Å². The molecule has 0 radical (unpaired) electrons. The third kappa shape index (κ3) is 3.33. The number of alkyl halides is 2. The van der Waals surface area contributed by atoms with Crippen LogP contribution in [-0.2, 0) is 19.2 Å². The van der Waals surface area contributed by atoms with Crippen LogP contribution < -0.4 is 5.06 Å². The quantitative estimate of drug-likeness (QED) is 0.491. The maximum atomic E-state index is 17.6. The number of anilines is 1. The van der Waals surface area contributed by atoms with Gasteiger partial charge >= 0.3 is 5.97 Å². The number of ether oxygens (including phenoxy) is 1. The molecule has 0 unspecified atom stereocenters. The van der Waals surface area contributed by atoms with Crippen molar-refractivity contribution in [1.29, 1.82) is 0 Å². The van der Waals surface area contributed by atoms with Crippen LogP contribution in [0, 0.1) is 34.5 Å². The van der Waals surface area contributed by atoms with Gasteiger partial charge in [-0.3, -0.25) is 14.7 Å². The highest BCUT2D eigenvalue weighted by molar-refractivity contribution is 6.30. The molecule has 5 fully saturated rings. The highest BCUT2D eigenvalue weighted by atomic mass is 35.5. The molecular weight excluding hydrogens is 540 g/mol. The summed E-state index contributed by atoms with van der Waals surface area (Å²) >= 11 is 6.10. The lowest BCUT2D eigenvalue weighted by molar-refractivity contribution is -0.235. The van der Waals surface area contributed by atoms with E-state index in [9.17, 15) is 14.7 Å². The van der Waals surface area contributed by atoms with Crippen LogP contribution >= 0.6 is 11.6 Å². The van der Waals surface area contributed by atoms with Crippen LogP contribution in [0.4, 0.5) is 14.5 Å². The SMILES string of the molecule is C[C@]12C=CC(=O)C=C1[C@@H](F)C[C@H]1[C@@H]3C[C@H]4CN(c5ccc(Cl)cc5)O[C@@]4(C(=O)OCC4CC4)[C@@]3(C)C[C@H](O)[C@@]12F. The van der Waals surface area contributed by atoms with E-state index >= 15 is 8.78 Å². The Labute approximate surface area is 237 Å². The third-order valence-corrected chi connectivity index (χ3v) is 11.4. The van der Waals surface area contributed by atoms with E-state index in [0.717, 1.165) is 18.5 Å². The fraction of sp³-hybridized carbons (Fsp3) is 0.613. The summed E-state index contributed by atoms with van der Waals surface area (Å²) in [5, 5.41) is 14.0. The van der Waals surface area contributed by atoms with Gasteiger partial charge in [-0.25, -0.2) is 13.6 Å². The summed E-state index contributed by atoms with van der Waals surface area (Å²) in [6.45, 7) is 4.13. The number of ketones is 1. The van der Waals surface area contributed by atoms with Crippen molar-refractivity contribution in [3.8, 4) is 0 Å². The summed E-state index contributed by atoms with van der Waals surface area (Å²) in [6.07, 6.45) is 3.06. The third-order valence-electron chi connectivity index (χ3n) is 11.2. The molecule has 6 nitrogen and oxygen atoms in total. The number of allylic oxidation sites excluding steroid dienone is 4. The van der Waals surface area contributed by atoms with Crippen LogP contribution in [0.3, 0.4) is 0 Å². The Balaban J connectivity index is 1.30. The zero-order valence-corrected chi connectivity index (χ0v) is 23.4. The van der Waals surface area contributed by atoms with Crippen LogP contribution in [0.5, 0.6) is 0 Å². The average Bonchev–Trinajstić information content (AvgIpc) is 3.61. The molecule has 1 aromatic rings. The van der Waals surface area contributed by atoms with Gasteiger partial charge in [-0.05, 0) is 92.9 Å². The number of esters is 1. The van der Waals surface area contributed by atoms with E-state index in [1.54, 1.807) is 24.1 Å². The van der Waals surface area contributed by atoms with Gasteiger partial charge in [0.25, 0.3) is 0 Å². The van der Waals surface area contributed by atoms with Gasteiger partial charge in [0, 0.05) is 27.7 Å². The summed E-state index contributed by atoms with van der Waals surface area (Å²) < 4.78 is 39.3. The maximum Gasteiger partial charge on any atom is 0.342 e. The van der Waals surface area contributed by atoms with Crippen molar-refractivity contribution in [2.45, 2.75) is 69.5 Å². The Morgan fingerprint density at radius 1 is 1.20 bits per heavy atom. The van der Waals surface area contributed by atoms with Crippen molar-refractivity contribution < 1.29 is 33.1 Å². The number of rotatable bonds is 4. The second kappa shape index (κ2) is 8.62. The van der Waals surface area contributed by atoms with E-state index in [4.69, 9.17) is 21.2 Å². The number of carbonyl (C=O) groups is 2. The first-order chi connectivity index (χ1) is 18.9. The molecule has 7 rings (SSSR count). The first kappa shape index (κ1) is 26.6. The molecule has 5 aliphatic carbocycles. The van der Waals surface area contributed by atoms with E-state index in [2.05, 4.69) is 0 Å². The van der Waals surface area contributed by atoms with Crippen LogP contribution in [0.25, 0.3) is 0 Å². The first-order valence-corrected chi connectivity index (χ1v) is 14.7. The molecule has 0 amide bonds. The van der Waals surface area contributed by atoms with Crippen LogP contribution in [0.2, 0.25) is 5.02 Å². The Bertz CT molecular complexity index is 1330. The van der Waals surface area contributed by atoms with Gasteiger partial charge in [-0.2, -0.15) is 0 Å². The second-order valence-corrected chi connectivity index (χ2v) is 13.6. The van der Waals surface area contributed by atoms with Crippen LogP contribution in [0.15, 0.2) is 48.1 Å². The lowest BCUT2D eigenvalue weighted by Gasteiger charge is -2.63. The van der Waals surface area contributed by atoms with E-state index < -0.39 is 52.2 Å². The van der Waals surface area contributed by atoms with E-state index in [1.807, 2.05) is 19.1 Å².